The number of carbonyl (C=O) groups is 1. The van der Waals surface area contributed by atoms with Gasteiger partial charge < -0.3 is 9.64 Å². The standard InChI is InChI=1S/C22H23FN4O2/c1-2-21-20(13-25-27(21)18-5-3-17(23)4-6-18)22(28)26-12-9-19(14-26)29-15-16-7-10-24-11-8-16/h3-8,10-11,13,19H,2,9,12,14-15H2,1H3/t19-/m0/s1. The molecule has 0 spiro atoms. The van der Waals surface area contributed by atoms with E-state index in [1.165, 1.54) is 12.1 Å². The van der Waals surface area contributed by atoms with Gasteiger partial charge in [0.1, 0.15) is 5.82 Å². The fraction of sp³-hybridized carbons (Fsp3) is 0.318. The highest BCUT2D eigenvalue weighted by Crippen LogP contribution is 2.21. The molecule has 3 heterocycles. The van der Waals surface area contributed by atoms with Crippen molar-refractivity contribution in [3.63, 3.8) is 0 Å². The van der Waals surface area contributed by atoms with Crippen LogP contribution in [0.2, 0.25) is 0 Å². The third-order valence-electron chi connectivity index (χ3n) is 5.17. The quantitative estimate of drug-likeness (QED) is 0.643. The number of ether oxygens (including phenoxy) is 1. The fourth-order valence-electron chi connectivity index (χ4n) is 3.61. The van der Waals surface area contributed by atoms with Crippen LogP contribution in [0.25, 0.3) is 5.69 Å². The van der Waals surface area contributed by atoms with Crippen LogP contribution in [0.5, 0.6) is 0 Å². The number of amides is 1. The van der Waals surface area contributed by atoms with E-state index in [9.17, 15) is 9.18 Å². The van der Waals surface area contributed by atoms with Gasteiger partial charge in [0.25, 0.3) is 5.91 Å². The van der Waals surface area contributed by atoms with Gasteiger partial charge in [0.15, 0.2) is 0 Å². The zero-order valence-electron chi connectivity index (χ0n) is 16.3. The van der Waals surface area contributed by atoms with Gasteiger partial charge >= 0.3 is 0 Å². The number of hydrogen-bond donors (Lipinski definition) is 0. The van der Waals surface area contributed by atoms with Gasteiger partial charge in [-0.1, -0.05) is 6.92 Å². The average Bonchev–Trinajstić information content (AvgIpc) is 3.40. The van der Waals surface area contributed by atoms with Gasteiger partial charge in [-0.15, -0.1) is 0 Å². The second-order valence-corrected chi connectivity index (χ2v) is 7.08. The zero-order chi connectivity index (χ0) is 20.2. The molecule has 0 saturated carbocycles. The number of halogens is 1. The molecule has 1 aliphatic rings. The molecule has 1 aliphatic heterocycles. The van der Waals surface area contributed by atoms with Gasteiger partial charge in [0.2, 0.25) is 0 Å². The van der Waals surface area contributed by atoms with E-state index >= 15 is 0 Å². The maximum atomic E-state index is 13.2. The molecule has 6 nitrogen and oxygen atoms in total. The van der Waals surface area contributed by atoms with Crippen LogP contribution in [0.4, 0.5) is 4.39 Å². The number of benzene rings is 1. The summed E-state index contributed by atoms with van der Waals surface area (Å²) in [5.74, 6) is -0.338. The summed E-state index contributed by atoms with van der Waals surface area (Å²) in [5, 5.41) is 4.38. The fourth-order valence-corrected chi connectivity index (χ4v) is 3.61. The van der Waals surface area contributed by atoms with Gasteiger partial charge in [-0.3, -0.25) is 9.78 Å². The first-order chi connectivity index (χ1) is 14.2. The van der Waals surface area contributed by atoms with E-state index in [1.807, 2.05) is 24.0 Å². The Morgan fingerprint density at radius 1 is 1.21 bits per heavy atom. The summed E-state index contributed by atoms with van der Waals surface area (Å²) in [6.07, 6.45) is 6.57. The molecule has 29 heavy (non-hydrogen) atoms. The van der Waals surface area contributed by atoms with Crippen LogP contribution in [-0.4, -0.2) is 44.8 Å². The second kappa shape index (κ2) is 8.53. The van der Waals surface area contributed by atoms with Crippen LogP contribution < -0.4 is 0 Å². The average molecular weight is 394 g/mol. The summed E-state index contributed by atoms with van der Waals surface area (Å²) >= 11 is 0. The second-order valence-electron chi connectivity index (χ2n) is 7.08. The Balaban J connectivity index is 1.44. The molecule has 0 radical (unpaired) electrons. The number of aromatic nitrogens is 3. The molecule has 0 bridgehead atoms. The molecule has 0 aliphatic carbocycles. The Bertz CT molecular complexity index is 972. The maximum absolute atomic E-state index is 13.2. The van der Waals surface area contributed by atoms with Crippen molar-refractivity contribution in [1.82, 2.24) is 19.7 Å². The van der Waals surface area contributed by atoms with Gasteiger partial charge in [0.05, 0.1) is 35.9 Å². The van der Waals surface area contributed by atoms with E-state index < -0.39 is 0 Å². The summed E-state index contributed by atoms with van der Waals surface area (Å²) in [5.41, 5.74) is 3.22. The molecular formula is C22H23FN4O2. The predicted molar refractivity (Wildman–Crippen MR) is 106 cm³/mol. The van der Waals surface area contributed by atoms with Crippen LogP contribution in [0, 0.1) is 5.82 Å². The highest BCUT2D eigenvalue weighted by atomic mass is 19.1. The minimum absolute atomic E-state index is 0.0179. The van der Waals surface area contributed by atoms with Crippen LogP contribution in [0.15, 0.2) is 55.0 Å². The molecule has 3 aromatic rings. The number of likely N-dealkylation sites (tertiary alicyclic amines) is 1. The van der Waals surface area contributed by atoms with Gasteiger partial charge in [-0.25, -0.2) is 9.07 Å². The Hall–Kier alpha value is -3.06. The Labute approximate surface area is 168 Å². The maximum Gasteiger partial charge on any atom is 0.257 e. The van der Waals surface area contributed by atoms with Crippen molar-refractivity contribution in [1.29, 1.82) is 0 Å². The number of pyridine rings is 1. The van der Waals surface area contributed by atoms with Crippen molar-refractivity contribution in [2.24, 2.45) is 0 Å². The summed E-state index contributed by atoms with van der Waals surface area (Å²) in [7, 11) is 0. The van der Waals surface area contributed by atoms with Crippen LogP contribution in [0.1, 0.15) is 35.0 Å². The van der Waals surface area contributed by atoms with E-state index in [0.717, 1.165) is 23.4 Å². The van der Waals surface area contributed by atoms with E-state index in [-0.39, 0.29) is 17.8 Å². The molecule has 1 aromatic carbocycles. The first-order valence-corrected chi connectivity index (χ1v) is 9.78. The molecule has 4 rings (SSSR count). The van der Waals surface area contributed by atoms with Crippen LogP contribution >= 0.6 is 0 Å². The lowest BCUT2D eigenvalue weighted by Crippen LogP contribution is -2.30. The third kappa shape index (κ3) is 4.19. The van der Waals surface area contributed by atoms with Crippen molar-refractivity contribution < 1.29 is 13.9 Å². The Morgan fingerprint density at radius 3 is 2.69 bits per heavy atom. The molecule has 7 heteroatoms. The lowest BCUT2D eigenvalue weighted by molar-refractivity contribution is 0.0437. The number of nitrogens with zero attached hydrogens (tertiary/aromatic N) is 4. The molecule has 1 amide bonds. The van der Waals surface area contributed by atoms with Crippen molar-refractivity contribution in [2.75, 3.05) is 13.1 Å². The largest absolute Gasteiger partial charge is 0.372 e. The minimum Gasteiger partial charge on any atom is -0.372 e. The highest BCUT2D eigenvalue weighted by molar-refractivity contribution is 5.95. The van der Waals surface area contributed by atoms with Crippen molar-refractivity contribution in [3.05, 3.63) is 77.6 Å². The SMILES string of the molecule is CCc1c(C(=O)N2CC[C@H](OCc3ccncc3)C2)cnn1-c1ccc(F)cc1. The zero-order valence-corrected chi connectivity index (χ0v) is 16.3. The monoisotopic (exact) mass is 394 g/mol. The molecule has 1 atom stereocenters. The van der Waals surface area contributed by atoms with Crippen LogP contribution in [-0.2, 0) is 17.8 Å². The summed E-state index contributed by atoms with van der Waals surface area (Å²) < 4.78 is 20.9. The van der Waals surface area contributed by atoms with Crippen molar-refractivity contribution in [2.45, 2.75) is 32.5 Å². The topological polar surface area (TPSA) is 60.3 Å². The van der Waals surface area contributed by atoms with E-state index in [1.54, 1.807) is 35.4 Å². The molecule has 0 unspecified atom stereocenters. The summed E-state index contributed by atoms with van der Waals surface area (Å²) in [6.45, 7) is 3.72. The molecular weight excluding hydrogens is 371 g/mol. The Kier molecular flexibility index (Phi) is 5.67. The summed E-state index contributed by atoms with van der Waals surface area (Å²) in [4.78, 5) is 18.9. The molecule has 2 aromatic heterocycles. The smallest absolute Gasteiger partial charge is 0.257 e. The lowest BCUT2D eigenvalue weighted by atomic mass is 10.1. The van der Waals surface area contributed by atoms with Crippen molar-refractivity contribution >= 4 is 5.91 Å². The van der Waals surface area contributed by atoms with Gasteiger partial charge in [-0.2, -0.15) is 5.10 Å². The van der Waals surface area contributed by atoms with E-state index in [2.05, 4.69) is 10.1 Å². The number of carbonyl (C=O) groups excluding carboxylic acids is 1. The number of hydrogen-bond acceptors (Lipinski definition) is 4. The summed E-state index contributed by atoms with van der Waals surface area (Å²) in [6, 6.07) is 9.96. The van der Waals surface area contributed by atoms with E-state index in [0.29, 0.717) is 31.7 Å². The highest BCUT2D eigenvalue weighted by Gasteiger charge is 2.30. The van der Waals surface area contributed by atoms with Crippen LogP contribution in [0.3, 0.4) is 0 Å². The van der Waals surface area contributed by atoms with E-state index in [4.69, 9.17) is 4.74 Å². The lowest BCUT2D eigenvalue weighted by Gasteiger charge is -2.17. The van der Waals surface area contributed by atoms with Gasteiger partial charge in [-0.05, 0) is 54.8 Å². The van der Waals surface area contributed by atoms with Crippen molar-refractivity contribution in [3.8, 4) is 5.69 Å². The molecule has 1 saturated heterocycles. The molecule has 150 valence electrons. The Morgan fingerprint density at radius 2 is 1.97 bits per heavy atom. The molecule has 1 fully saturated rings. The van der Waals surface area contributed by atoms with Gasteiger partial charge in [0, 0.05) is 25.5 Å². The predicted octanol–water partition coefficient (Wildman–Crippen LogP) is 3.40. The first-order valence-electron chi connectivity index (χ1n) is 9.78. The normalized spacial score (nSPS) is 16.3. The first kappa shape index (κ1) is 19.3. The number of rotatable bonds is 6. The molecule has 0 N–H and O–H groups in total. The minimum atomic E-state index is -0.301. The third-order valence-corrected chi connectivity index (χ3v) is 5.17.